The lowest BCUT2D eigenvalue weighted by Crippen LogP contribution is -2.27. The first-order chi connectivity index (χ1) is 32.4. The number of carbonyl (C=O) groups excluding carboxylic acids is 4. The minimum absolute atomic E-state index is 0.0255. The van der Waals surface area contributed by atoms with E-state index in [-0.39, 0.29) is 48.0 Å². The molecule has 0 aromatic carbocycles. The number of carboxylic acid groups (broad SMARTS) is 6. The van der Waals surface area contributed by atoms with Crippen molar-refractivity contribution in [1.29, 1.82) is 0 Å². The van der Waals surface area contributed by atoms with Crippen molar-refractivity contribution in [3.63, 3.8) is 0 Å². The van der Waals surface area contributed by atoms with Crippen LogP contribution < -0.4 is 45.0 Å². The van der Waals surface area contributed by atoms with Crippen molar-refractivity contribution in [2.45, 2.75) is 149 Å². The Labute approximate surface area is 435 Å². The Balaban J connectivity index is -0.0000000273. The molecular formula is C44H114N10O18. The number of nitrogens with one attached hydrogen (secondary N) is 2. The van der Waals surface area contributed by atoms with E-state index in [0.29, 0.717) is 0 Å². The molecule has 0 bridgehead atoms. The SMILES string of the molecule is CC(=O)NC(C)C.CC(=O)NC(C)C.CC(=O)O.CC(=O)O.CC(=O)O.CC(=O)O.CC(=O)O.CC(=O)O.CC(=O)OC(C)C.CC(=O)OC(C)C.CN.CN.CN.CN.CN.CN.CN(C)C.CN(C)C. The number of aliphatic carboxylic acids is 6. The summed E-state index contributed by atoms with van der Waals surface area (Å²) in [6.07, 6.45) is 0.0509. The minimum Gasteiger partial charge on any atom is -0.481 e. The summed E-state index contributed by atoms with van der Waals surface area (Å²) in [7, 11) is 21.0. The van der Waals surface area contributed by atoms with E-state index >= 15 is 0 Å². The van der Waals surface area contributed by atoms with Gasteiger partial charge in [0.25, 0.3) is 35.8 Å². The van der Waals surface area contributed by atoms with Gasteiger partial charge in [-0.05, 0) is 140 Å². The monoisotopic (exact) mass is 1070 g/mol. The van der Waals surface area contributed by atoms with Crippen molar-refractivity contribution in [2.24, 2.45) is 34.4 Å². The van der Waals surface area contributed by atoms with Gasteiger partial charge in [-0.2, -0.15) is 0 Å². The zero-order valence-corrected chi connectivity index (χ0v) is 50.3. The molecule has 0 saturated heterocycles. The zero-order chi connectivity index (χ0) is 64.1. The van der Waals surface area contributed by atoms with Gasteiger partial charge in [0.2, 0.25) is 11.8 Å². The van der Waals surface area contributed by atoms with Gasteiger partial charge >= 0.3 is 11.9 Å². The molecule has 0 unspecified atom stereocenters. The number of rotatable bonds is 4. The predicted molar refractivity (Wildman–Crippen MR) is 291 cm³/mol. The lowest BCUT2D eigenvalue weighted by atomic mass is 10.4. The molecular weight excluding hydrogens is 957 g/mol. The van der Waals surface area contributed by atoms with E-state index in [9.17, 15) is 19.2 Å². The highest BCUT2D eigenvalue weighted by atomic mass is 16.5. The number of nitrogens with two attached hydrogens (primary N) is 6. The van der Waals surface area contributed by atoms with Crippen LogP contribution in [0.5, 0.6) is 0 Å². The topological polar surface area (TPSA) is 497 Å². The van der Waals surface area contributed by atoms with E-state index in [4.69, 9.17) is 59.4 Å². The fourth-order valence-electron chi connectivity index (χ4n) is 1.48. The third kappa shape index (κ3) is 2400. The van der Waals surface area contributed by atoms with Gasteiger partial charge in [-0.3, -0.25) is 47.9 Å². The van der Waals surface area contributed by atoms with E-state index in [1.807, 2.05) is 107 Å². The van der Waals surface area contributed by atoms with Crippen LogP contribution in [-0.4, -0.2) is 209 Å². The van der Waals surface area contributed by atoms with Gasteiger partial charge in [0, 0.05) is 81.3 Å². The largest absolute Gasteiger partial charge is 0.481 e. The maximum absolute atomic E-state index is 10.1. The van der Waals surface area contributed by atoms with Gasteiger partial charge in [-0.15, -0.1) is 0 Å². The highest BCUT2D eigenvalue weighted by molar-refractivity contribution is 5.73. The van der Waals surface area contributed by atoms with Gasteiger partial charge in [-0.1, -0.05) is 0 Å². The molecule has 0 aliphatic heterocycles. The van der Waals surface area contributed by atoms with Crippen LogP contribution in [-0.2, 0) is 57.4 Å². The molecule has 72 heavy (non-hydrogen) atoms. The molecule has 0 fully saturated rings. The fraction of sp³-hybridized carbons (Fsp3) is 0.773. The zero-order valence-electron chi connectivity index (χ0n) is 50.3. The standard InChI is InChI=1S/2C5H11NO.2C5H10O2.2C3H9N.6C2H4O2.6CH5N/c2*1-4(2)6-5(3)7;2*1-4(2)7-5(3)6;2*1-4(2)3;6*1-2(3)4;6*1-2/h2*4H,1-3H3,(H,6,7);2*4H,1-3H3;2*1-3H3;6*1H3,(H,3,4);6*2H2,1H3. The molecule has 448 valence electrons. The van der Waals surface area contributed by atoms with Crippen molar-refractivity contribution >= 4 is 59.6 Å². The van der Waals surface area contributed by atoms with Crippen LogP contribution in [0.25, 0.3) is 0 Å². The molecule has 0 aliphatic carbocycles. The van der Waals surface area contributed by atoms with Crippen molar-refractivity contribution < 1.29 is 88.1 Å². The summed E-state index contributed by atoms with van der Waals surface area (Å²) < 4.78 is 9.22. The number of carboxylic acids is 6. The summed E-state index contributed by atoms with van der Waals surface area (Å²) in [6, 6.07) is 0.551. The van der Waals surface area contributed by atoms with Crippen LogP contribution in [0.3, 0.4) is 0 Å². The maximum Gasteiger partial charge on any atom is 0.302 e. The first-order valence-corrected chi connectivity index (χ1v) is 21.1. The molecule has 20 N–H and O–H groups in total. The molecule has 0 rings (SSSR count). The molecule has 28 nitrogen and oxygen atoms in total. The summed E-state index contributed by atoms with van der Waals surface area (Å²) in [4.78, 5) is 98.4. The summed E-state index contributed by atoms with van der Waals surface area (Å²) in [5.74, 6) is -5.35. The maximum atomic E-state index is 10.1. The van der Waals surface area contributed by atoms with Crippen molar-refractivity contribution in [3.05, 3.63) is 0 Å². The quantitative estimate of drug-likeness (QED) is 0.177. The fourth-order valence-corrected chi connectivity index (χ4v) is 1.48. The average Bonchev–Trinajstić information content (AvgIpc) is 3.13. The minimum atomic E-state index is -0.833. The Hall–Kier alpha value is -5.62. The number of esters is 2. The summed E-state index contributed by atoms with van der Waals surface area (Å²) in [6.45, 7) is 27.3. The Kier molecular flexibility index (Phi) is 212. The Morgan fingerprint density at radius 1 is 0.319 bits per heavy atom. The molecule has 0 spiro atoms. The second-order valence-electron chi connectivity index (χ2n) is 12.8. The smallest absolute Gasteiger partial charge is 0.302 e. The molecule has 0 aromatic heterocycles. The van der Waals surface area contributed by atoms with E-state index < -0.39 is 35.8 Å². The highest BCUT2D eigenvalue weighted by Crippen LogP contribution is 1.86. The molecule has 0 aliphatic rings. The summed E-state index contributed by atoms with van der Waals surface area (Å²) >= 11 is 0. The number of nitrogens with zero attached hydrogens (tertiary/aromatic N) is 2. The van der Waals surface area contributed by atoms with E-state index in [2.05, 4.69) is 54.5 Å². The van der Waals surface area contributed by atoms with Crippen molar-refractivity contribution in [3.8, 4) is 0 Å². The van der Waals surface area contributed by atoms with Gasteiger partial charge in [0.05, 0.1) is 12.2 Å². The molecule has 0 atom stereocenters. The average molecular weight is 1070 g/mol. The normalized spacial score (nSPS) is 7.14. The third-order valence-corrected chi connectivity index (χ3v) is 1.79. The van der Waals surface area contributed by atoms with E-state index in [0.717, 1.165) is 41.5 Å². The molecule has 0 radical (unpaired) electrons. The van der Waals surface area contributed by atoms with Gasteiger partial charge in [0.15, 0.2) is 0 Å². The van der Waals surface area contributed by atoms with Gasteiger partial charge < -0.3 is 94.9 Å². The van der Waals surface area contributed by atoms with E-state index in [1.54, 1.807) is 0 Å². The molecule has 2 amide bonds. The number of carbonyl (C=O) groups is 10. The Morgan fingerprint density at radius 2 is 0.403 bits per heavy atom. The number of hydrogen-bond acceptors (Lipinski definition) is 20. The van der Waals surface area contributed by atoms with Crippen molar-refractivity contribution in [2.75, 3.05) is 84.6 Å². The predicted octanol–water partition coefficient (Wildman–Crippen LogP) is 1.33. The molecule has 0 saturated carbocycles. The first kappa shape index (κ1) is 121. The number of ether oxygens (including phenoxy) is 2. The molecule has 28 heteroatoms. The highest BCUT2D eigenvalue weighted by Gasteiger charge is 1.94. The van der Waals surface area contributed by atoms with Crippen LogP contribution in [0.1, 0.15) is 125 Å². The second kappa shape index (κ2) is 126. The van der Waals surface area contributed by atoms with Crippen LogP contribution >= 0.6 is 0 Å². The van der Waals surface area contributed by atoms with Crippen LogP contribution in [0.15, 0.2) is 0 Å². The summed E-state index contributed by atoms with van der Waals surface area (Å²) in [5.41, 5.74) is 27.0. The van der Waals surface area contributed by atoms with Crippen molar-refractivity contribution in [1.82, 2.24) is 20.4 Å². The Bertz CT molecular complexity index is 878. The lowest BCUT2D eigenvalue weighted by molar-refractivity contribution is -0.145. The lowest BCUT2D eigenvalue weighted by Gasteiger charge is -2.02. The second-order valence-corrected chi connectivity index (χ2v) is 12.8. The van der Waals surface area contributed by atoms with Crippen LogP contribution in [0.4, 0.5) is 0 Å². The third-order valence-electron chi connectivity index (χ3n) is 1.79. The molecule has 0 heterocycles. The number of hydrogen-bond donors (Lipinski definition) is 14. The van der Waals surface area contributed by atoms with Crippen LogP contribution in [0.2, 0.25) is 0 Å². The van der Waals surface area contributed by atoms with Gasteiger partial charge in [0.1, 0.15) is 0 Å². The number of amides is 2. The summed E-state index contributed by atoms with van der Waals surface area (Å²) in [5, 5.41) is 49.8. The first-order valence-electron chi connectivity index (χ1n) is 21.1. The van der Waals surface area contributed by atoms with Crippen LogP contribution in [0, 0.1) is 0 Å². The van der Waals surface area contributed by atoms with E-state index in [1.165, 1.54) is 70.0 Å². The Morgan fingerprint density at radius 3 is 0.403 bits per heavy atom. The molecule has 0 aromatic rings. The van der Waals surface area contributed by atoms with Gasteiger partial charge in [-0.25, -0.2) is 0 Å².